The number of piperazine rings is 1. The summed E-state index contributed by atoms with van der Waals surface area (Å²) in [7, 11) is -4.19. The van der Waals surface area contributed by atoms with Crippen molar-refractivity contribution < 1.29 is 26.4 Å². The summed E-state index contributed by atoms with van der Waals surface area (Å²) in [5, 5.41) is -0.251. The highest BCUT2D eigenvalue weighted by Gasteiger charge is 2.36. The van der Waals surface area contributed by atoms with E-state index in [1.165, 1.54) is 0 Å². The van der Waals surface area contributed by atoms with Gasteiger partial charge in [0.1, 0.15) is 4.90 Å². The second-order valence-corrected chi connectivity index (χ2v) is 10.6. The fourth-order valence-electron chi connectivity index (χ4n) is 4.33. The Morgan fingerprint density at radius 3 is 2.23 bits per heavy atom. The number of halogens is 4. The van der Waals surface area contributed by atoms with E-state index >= 15 is 0 Å². The lowest BCUT2D eigenvalue weighted by Crippen LogP contribution is -2.54. The minimum Gasteiger partial charge on any atom is -0.336 e. The summed E-state index contributed by atoms with van der Waals surface area (Å²) in [6, 6.07) is 2.65. The van der Waals surface area contributed by atoms with Gasteiger partial charge in [-0.15, -0.1) is 0 Å². The lowest BCUT2D eigenvalue weighted by Gasteiger charge is -2.41. The predicted molar refractivity (Wildman–Crippen MR) is 111 cm³/mol. The molecule has 11 heteroatoms. The smallest absolute Gasteiger partial charge is 0.336 e. The van der Waals surface area contributed by atoms with E-state index in [9.17, 15) is 26.4 Å². The zero-order valence-electron chi connectivity index (χ0n) is 17.5. The summed E-state index contributed by atoms with van der Waals surface area (Å²) < 4.78 is 66.0. The largest absolute Gasteiger partial charge is 0.416 e. The zero-order valence-corrected chi connectivity index (χ0v) is 19.1. The maximum absolute atomic E-state index is 13.0. The summed E-state index contributed by atoms with van der Waals surface area (Å²) in [4.78, 5) is 16.0. The van der Waals surface area contributed by atoms with Gasteiger partial charge in [0, 0.05) is 38.3 Å². The van der Waals surface area contributed by atoms with Crippen molar-refractivity contribution >= 4 is 27.5 Å². The van der Waals surface area contributed by atoms with Crippen LogP contribution in [0, 0.1) is 0 Å². The monoisotopic (exact) mass is 481 g/mol. The average molecular weight is 482 g/mol. The Bertz CT molecular complexity index is 908. The molecule has 1 aromatic rings. The second kappa shape index (κ2) is 9.25. The van der Waals surface area contributed by atoms with Gasteiger partial charge in [0.2, 0.25) is 15.9 Å². The quantitative estimate of drug-likeness (QED) is 0.661. The van der Waals surface area contributed by atoms with Crippen LogP contribution >= 0.6 is 11.6 Å². The number of amides is 1. The molecule has 3 rings (SSSR count). The Balaban J connectivity index is 1.66. The number of rotatable bonds is 4. The van der Waals surface area contributed by atoms with Crippen molar-refractivity contribution in [3.63, 3.8) is 0 Å². The van der Waals surface area contributed by atoms with Gasteiger partial charge in [0.05, 0.1) is 17.1 Å². The fourth-order valence-corrected chi connectivity index (χ4v) is 6.25. The first-order valence-electron chi connectivity index (χ1n) is 10.3. The van der Waals surface area contributed by atoms with Gasteiger partial charge in [-0.2, -0.15) is 17.5 Å². The summed E-state index contributed by atoms with van der Waals surface area (Å²) in [6.07, 6.45) is -1.63. The lowest BCUT2D eigenvalue weighted by atomic mass is 9.97. The molecule has 1 amide bonds. The number of nitrogens with zero attached hydrogens (tertiary/aromatic N) is 3. The molecule has 2 fully saturated rings. The van der Waals surface area contributed by atoms with Gasteiger partial charge in [0.25, 0.3) is 0 Å². The molecule has 0 spiro atoms. The first kappa shape index (κ1) is 24.3. The van der Waals surface area contributed by atoms with Crippen LogP contribution in [0.15, 0.2) is 23.1 Å². The van der Waals surface area contributed by atoms with Gasteiger partial charge in [-0.05, 0) is 51.3 Å². The highest BCUT2D eigenvalue weighted by molar-refractivity contribution is 7.89. The van der Waals surface area contributed by atoms with E-state index in [-0.39, 0.29) is 42.6 Å². The number of benzene rings is 1. The minimum atomic E-state index is -4.67. The van der Waals surface area contributed by atoms with Crippen LogP contribution in [0.3, 0.4) is 0 Å². The highest BCUT2D eigenvalue weighted by Crippen LogP contribution is 2.34. The number of hydrogen-bond donors (Lipinski definition) is 0. The molecule has 1 aromatic carbocycles. The molecule has 0 N–H and O–H groups in total. The second-order valence-electron chi connectivity index (χ2n) is 8.25. The van der Waals surface area contributed by atoms with Crippen LogP contribution in [0.4, 0.5) is 13.2 Å². The maximum Gasteiger partial charge on any atom is 0.416 e. The average Bonchev–Trinajstić information content (AvgIpc) is 2.67. The summed E-state index contributed by atoms with van der Waals surface area (Å²) >= 11 is 5.93. The van der Waals surface area contributed by atoms with Crippen LogP contribution in [0.5, 0.6) is 0 Å². The molecular weight excluding hydrogens is 455 g/mol. The number of carbonyl (C=O) groups excluding carboxylic acids is 1. The van der Waals surface area contributed by atoms with Crippen molar-refractivity contribution in [1.29, 1.82) is 0 Å². The normalized spacial score (nSPS) is 24.4. The molecule has 2 atom stereocenters. The molecule has 2 aliphatic heterocycles. The van der Waals surface area contributed by atoms with E-state index in [1.807, 2.05) is 23.6 Å². The van der Waals surface area contributed by atoms with E-state index < -0.39 is 26.7 Å². The molecule has 2 unspecified atom stereocenters. The third-order valence-corrected chi connectivity index (χ3v) is 8.43. The number of piperidine rings is 1. The number of hydrogen-bond acceptors (Lipinski definition) is 4. The molecule has 174 valence electrons. The molecule has 0 aromatic heterocycles. The number of alkyl halides is 3. The van der Waals surface area contributed by atoms with Crippen LogP contribution in [0.2, 0.25) is 5.02 Å². The summed E-state index contributed by atoms with van der Waals surface area (Å²) in [5.74, 6) is 0.0249. The van der Waals surface area contributed by atoms with Crippen molar-refractivity contribution in [3.05, 3.63) is 28.8 Å². The van der Waals surface area contributed by atoms with Crippen LogP contribution < -0.4 is 0 Å². The van der Waals surface area contributed by atoms with Gasteiger partial charge < -0.3 is 4.90 Å². The van der Waals surface area contributed by atoms with E-state index in [4.69, 9.17) is 11.6 Å². The van der Waals surface area contributed by atoms with Gasteiger partial charge in [0.15, 0.2) is 0 Å². The van der Waals surface area contributed by atoms with Gasteiger partial charge in [-0.1, -0.05) is 11.6 Å². The molecular formula is C20H27ClF3N3O3S. The molecule has 6 nitrogen and oxygen atoms in total. The van der Waals surface area contributed by atoms with Crippen LogP contribution in [0.1, 0.15) is 38.7 Å². The van der Waals surface area contributed by atoms with Crippen molar-refractivity contribution in [1.82, 2.24) is 14.1 Å². The molecule has 0 bridgehead atoms. The summed E-state index contributed by atoms with van der Waals surface area (Å²) in [6.45, 7) is 5.07. The molecule has 2 saturated heterocycles. The van der Waals surface area contributed by atoms with E-state index in [2.05, 4.69) is 0 Å². The fraction of sp³-hybridized carbons (Fsp3) is 0.650. The third kappa shape index (κ3) is 5.35. The molecule has 0 aliphatic carbocycles. The third-order valence-electron chi connectivity index (χ3n) is 6.05. The van der Waals surface area contributed by atoms with Crippen molar-refractivity contribution in [3.8, 4) is 0 Å². The van der Waals surface area contributed by atoms with Gasteiger partial charge in [-0.3, -0.25) is 9.69 Å². The standard InChI is InChI=1S/C20H27ClF3N3O3S/c1-14-4-3-5-15(2)27(14)19(28)13-25-8-10-26(11-9-25)31(29,30)18-12-16(20(22,23)24)6-7-17(18)21/h6-7,12,14-15H,3-5,8-11,13H2,1-2H3. The van der Waals surface area contributed by atoms with Gasteiger partial charge >= 0.3 is 6.18 Å². The Morgan fingerprint density at radius 2 is 1.68 bits per heavy atom. The number of likely N-dealkylation sites (tertiary alicyclic amines) is 1. The summed E-state index contributed by atoms with van der Waals surface area (Å²) in [5.41, 5.74) is -1.07. The van der Waals surface area contributed by atoms with Crippen LogP contribution in [0.25, 0.3) is 0 Å². The van der Waals surface area contributed by atoms with E-state index in [1.54, 1.807) is 0 Å². The topological polar surface area (TPSA) is 60.9 Å². The minimum absolute atomic E-state index is 0.0249. The molecule has 0 saturated carbocycles. The Hall–Kier alpha value is -1.36. The Labute approximate surface area is 186 Å². The maximum atomic E-state index is 13.0. The van der Waals surface area contributed by atoms with E-state index in [0.717, 1.165) is 35.7 Å². The SMILES string of the molecule is CC1CCCC(C)N1C(=O)CN1CCN(S(=O)(=O)c2cc(C(F)(F)F)ccc2Cl)CC1. The molecule has 2 heterocycles. The van der Waals surface area contributed by atoms with Gasteiger partial charge in [-0.25, -0.2) is 8.42 Å². The van der Waals surface area contributed by atoms with Crippen molar-refractivity contribution in [2.75, 3.05) is 32.7 Å². The molecule has 2 aliphatic rings. The number of carbonyl (C=O) groups is 1. The molecule has 0 radical (unpaired) electrons. The zero-order chi connectivity index (χ0) is 23.0. The lowest BCUT2D eigenvalue weighted by molar-refractivity contribution is -0.139. The van der Waals surface area contributed by atoms with Crippen molar-refractivity contribution in [2.24, 2.45) is 0 Å². The molecule has 31 heavy (non-hydrogen) atoms. The highest BCUT2D eigenvalue weighted by atomic mass is 35.5. The van der Waals surface area contributed by atoms with Crippen LogP contribution in [-0.4, -0.2) is 73.2 Å². The first-order valence-corrected chi connectivity index (χ1v) is 12.1. The Kier molecular flexibility index (Phi) is 7.25. The van der Waals surface area contributed by atoms with Crippen LogP contribution in [-0.2, 0) is 21.0 Å². The van der Waals surface area contributed by atoms with E-state index in [0.29, 0.717) is 19.2 Å². The Morgan fingerprint density at radius 1 is 1.10 bits per heavy atom. The predicted octanol–water partition coefficient (Wildman–Crippen LogP) is 3.45. The first-order chi connectivity index (χ1) is 14.4. The number of sulfonamides is 1. The van der Waals surface area contributed by atoms with Crippen molar-refractivity contribution in [2.45, 2.75) is 56.3 Å².